The van der Waals surface area contributed by atoms with Gasteiger partial charge in [0, 0.05) is 55.2 Å². The maximum Gasteiger partial charge on any atom is 0.252 e. The third-order valence-electron chi connectivity index (χ3n) is 6.64. The van der Waals surface area contributed by atoms with Gasteiger partial charge in [0.2, 0.25) is 0 Å². The van der Waals surface area contributed by atoms with Crippen molar-refractivity contribution in [1.82, 2.24) is 15.2 Å². The Morgan fingerprint density at radius 3 is 2.63 bits per heavy atom. The highest BCUT2D eigenvalue weighted by molar-refractivity contribution is 5.98. The van der Waals surface area contributed by atoms with E-state index >= 15 is 0 Å². The molecule has 5 nitrogen and oxygen atoms in total. The van der Waals surface area contributed by atoms with Crippen LogP contribution in [0.15, 0.2) is 54.9 Å². The predicted octanol–water partition coefficient (Wildman–Crippen LogP) is 3.71. The quantitative estimate of drug-likeness (QED) is 0.725. The molecule has 0 unspecified atom stereocenters. The van der Waals surface area contributed by atoms with E-state index in [1.807, 2.05) is 25.4 Å². The average molecular weight is 401 g/mol. The van der Waals surface area contributed by atoms with E-state index in [-0.39, 0.29) is 11.4 Å². The molecular weight excluding hydrogens is 372 g/mol. The van der Waals surface area contributed by atoms with Gasteiger partial charge in [-0.1, -0.05) is 24.3 Å². The Labute approximate surface area is 177 Å². The number of hydrogen-bond donors (Lipinski definition) is 1. The molecule has 1 amide bonds. The predicted molar refractivity (Wildman–Crippen MR) is 121 cm³/mol. The first-order valence-electron chi connectivity index (χ1n) is 10.8. The van der Waals surface area contributed by atoms with Crippen molar-refractivity contribution < 1.29 is 4.79 Å². The summed E-state index contributed by atoms with van der Waals surface area (Å²) >= 11 is 0. The highest BCUT2D eigenvalue weighted by Crippen LogP contribution is 2.48. The normalized spacial score (nSPS) is 18.4. The Bertz CT molecular complexity index is 1090. The summed E-state index contributed by atoms with van der Waals surface area (Å²) in [6.07, 6.45) is 5.65. The van der Waals surface area contributed by atoms with Gasteiger partial charge in [-0.2, -0.15) is 0 Å². The molecule has 1 aliphatic carbocycles. The van der Waals surface area contributed by atoms with Crippen LogP contribution in [0.25, 0.3) is 10.8 Å². The molecule has 1 aliphatic heterocycles. The number of aryl methyl sites for hydroxylation is 1. The maximum atomic E-state index is 13.4. The molecule has 0 spiro atoms. The zero-order valence-electron chi connectivity index (χ0n) is 17.7. The summed E-state index contributed by atoms with van der Waals surface area (Å²) in [6, 6.07) is 14.6. The minimum atomic E-state index is -0.282. The van der Waals surface area contributed by atoms with Gasteiger partial charge in [0.25, 0.3) is 5.91 Å². The number of fused-ring (bicyclic) bond motifs is 1. The van der Waals surface area contributed by atoms with E-state index in [2.05, 4.69) is 63.5 Å². The number of carbonyl (C=O) groups excluding carboxylic acids is 1. The summed E-state index contributed by atoms with van der Waals surface area (Å²) in [5, 5.41) is 5.67. The monoisotopic (exact) mass is 400 g/mol. The Morgan fingerprint density at radius 1 is 1.07 bits per heavy atom. The number of hydrogen-bond acceptors (Lipinski definition) is 4. The van der Waals surface area contributed by atoms with Crippen molar-refractivity contribution in [3.8, 4) is 0 Å². The Hall–Kier alpha value is -2.92. The van der Waals surface area contributed by atoms with Gasteiger partial charge in [0.1, 0.15) is 0 Å². The molecule has 2 aliphatic rings. The molecule has 0 atom stereocenters. The largest absolute Gasteiger partial charge is 0.369 e. The Morgan fingerprint density at radius 2 is 1.87 bits per heavy atom. The van der Waals surface area contributed by atoms with E-state index in [0.29, 0.717) is 0 Å². The molecule has 1 aromatic heterocycles. The summed E-state index contributed by atoms with van der Waals surface area (Å²) in [4.78, 5) is 22.4. The number of carbonyl (C=O) groups is 1. The van der Waals surface area contributed by atoms with Gasteiger partial charge in [-0.05, 0) is 61.5 Å². The summed E-state index contributed by atoms with van der Waals surface area (Å²) in [5.41, 5.74) is 3.82. The third kappa shape index (κ3) is 3.43. The van der Waals surface area contributed by atoms with Crippen molar-refractivity contribution >= 4 is 22.4 Å². The van der Waals surface area contributed by atoms with E-state index in [1.165, 1.54) is 5.56 Å². The summed E-state index contributed by atoms with van der Waals surface area (Å²) < 4.78 is 0. The van der Waals surface area contributed by atoms with Crippen LogP contribution in [-0.4, -0.2) is 49.0 Å². The Kier molecular flexibility index (Phi) is 4.70. The molecule has 1 N–H and O–H groups in total. The number of pyridine rings is 1. The molecule has 5 heteroatoms. The number of likely N-dealkylation sites (N-methyl/N-ethyl adjacent to an activating group) is 1. The van der Waals surface area contributed by atoms with Crippen LogP contribution in [-0.2, 0) is 5.54 Å². The Balaban J connectivity index is 1.42. The fourth-order valence-corrected chi connectivity index (χ4v) is 4.52. The highest BCUT2D eigenvalue weighted by Gasteiger charge is 2.46. The van der Waals surface area contributed by atoms with Gasteiger partial charge < -0.3 is 15.1 Å². The van der Waals surface area contributed by atoms with Crippen molar-refractivity contribution in [2.45, 2.75) is 25.3 Å². The minimum Gasteiger partial charge on any atom is -0.369 e. The van der Waals surface area contributed by atoms with Crippen molar-refractivity contribution in [1.29, 1.82) is 0 Å². The fraction of sp³-hybridized carbons (Fsp3) is 0.360. The van der Waals surface area contributed by atoms with Crippen molar-refractivity contribution in [3.63, 3.8) is 0 Å². The number of aromatic nitrogens is 1. The van der Waals surface area contributed by atoms with E-state index in [0.717, 1.165) is 66.6 Å². The average Bonchev–Trinajstić information content (AvgIpc) is 3.54. The lowest BCUT2D eigenvalue weighted by Crippen LogP contribution is -2.44. The maximum absolute atomic E-state index is 13.4. The number of rotatable bonds is 4. The molecule has 3 aromatic rings. The summed E-state index contributed by atoms with van der Waals surface area (Å²) in [6.45, 7) is 6.10. The van der Waals surface area contributed by atoms with Crippen LogP contribution >= 0.6 is 0 Å². The molecular formula is C25H28N4O. The van der Waals surface area contributed by atoms with Gasteiger partial charge >= 0.3 is 0 Å². The molecule has 154 valence electrons. The molecule has 5 rings (SSSR count). The van der Waals surface area contributed by atoms with E-state index in [1.54, 1.807) is 0 Å². The lowest BCUT2D eigenvalue weighted by molar-refractivity contribution is 0.0930. The smallest absolute Gasteiger partial charge is 0.252 e. The molecule has 1 saturated carbocycles. The van der Waals surface area contributed by atoms with Gasteiger partial charge in [0.05, 0.1) is 5.54 Å². The van der Waals surface area contributed by atoms with Gasteiger partial charge in [-0.3, -0.25) is 9.78 Å². The van der Waals surface area contributed by atoms with Crippen molar-refractivity contribution in [2.75, 3.05) is 38.1 Å². The summed E-state index contributed by atoms with van der Waals surface area (Å²) in [7, 11) is 2.16. The van der Waals surface area contributed by atoms with Crippen molar-refractivity contribution in [3.05, 3.63) is 71.5 Å². The number of amides is 1. The van der Waals surface area contributed by atoms with Gasteiger partial charge in [-0.25, -0.2) is 0 Å². The fourth-order valence-electron chi connectivity index (χ4n) is 4.52. The molecule has 2 fully saturated rings. The van der Waals surface area contributed by atoms with Crippen LogP contribution in [0.3, 0.4) is 0 Å². The first-order chi connectivity index (χ1) is 14.6. The van der Waals surface area contributed by atoms with Crippen LogP contribution in [0.5, 0.6) is 0 Å². The lowest BCUT2D eigenvalue weighted by Gasteiger charge is -2.34. The zero-order chi connectivity index (χ0) is 20.7. The van der Waals surface area contributed by atoms with Gasteiger partial charge in [-0.15, -0.1) is 0 Å². The van der Waals surface area contributed by atoms with E-state index < -0.39 is 0 Å². The minimum absolute atomic E-state index is 0.0156. The summed E-state index contributed by atoms with van der Waals surface area (Å²) in [5.74, 6) is 0.0156. The number of nitrogens with one attached hydrogen (secondary N) is 1. The second-order valence-electron chi connectivity index (χ2n) is 8.73. The van der Waals surface area contributed by atoms with Crippen molar-refractivity contribution in [2.24, 2.45) is 0 Å². The second kappa shape index (κ2) is 7.40. The number of piperazine rings is 1. The first-order valence-corrected chi connectivity index (χ1v) is 10.8. The van der Waals surface area contributed by atoms with Gasteiger partial charge in [0.15, 0.2) is 0 Å². The molecule has 0 bridgehead atoms. The molecule has 30 heavy (non-hydrogen) atoms. The van der Waals surface area contributed by atoms with E-state index in [9.17, 15) is 4.79 Å². The van der Waals surface area contributed by atoms with Crippen LogP contribution in [0.2, 0.25) is 0 Å². The zero-order valence-corrected chi connectivity index (χ0v) is 17.7. The first kappa shape index (κ1) is 19.1. The number of anilines is 1. The topological polar surface area (TPSA) is 48.5 Å². The highest BCUT2D eigenvalue weighted by atomic mass is 16.1. The molecule has 0 radical (unpaired) electrons. The number of nitrogens with zero attached hydrogens (tertiary/aromatic N) is 3. The van der Waals surface area contributed by atoms with Crippen LogP contribution in [0.1, 0.15) is 34.3 Å². The van der Waals surface area contributed by atoms with E-state index in [4.69, 9.17) is 0 Å². The standard InChI is InChI=1S/C25H28N4O/c1-18-6-7-20(29-14-12-28(2)13-15-29)16-21(18)24(30)27-25(9-10-25)23-5-3-4-19-8-11-26-17-22(19)23/h3-8,11,16-17H,9-10,12-15H2,1-2H3,(H,27,30). The molecule has 2 aromatic carbocycles. The van der Waals surface area contributed by atoms with Crippen LogP contribution < -0.4 is 10.2 Å². The van der Waals surface area contributed by atoms with Crippen LogP contribution in [0.4, 0.5) is 5.69 Å². The SMILES string of the molecule is Cc1ccc(N2CCN(C)CC2)cc1C(=O)NC1(c2cccc3ccncc23)CC1. The lowest BCUT2D eigenvalue weighted by atomic mass is 9.97. The third-order valence-corrected chi connectivity index (χ3v) is 6.64. The second-order valence-corrected chi connectivity index (χ2v) is 8.73. The molecule has 1 saturated heterocycles. The number of benzene rings is 2. The molecule has 2 heterocycles. The van der Waals surface area contributed by atoms with Crippen LogP contribution in [0, 0.1) is 6.92 Å².